The molecule has 4 heteroatoms. The topological polar surface area (TPSA) is 32.3 Å². The van der Waals surface area contributed by atoms with Gasteiger partial charge in [-0.25, -0.2) is 4.79 Å². The van der Waals surface area contributed by atoms with E-state index in [1.54, 1.807) is 4.90 Å². The SMILES string of the molecule is CCCCN(C)C(=O)NC(C)(C)c1cccc(Cl)c1. The van der Waals surface area contributed by atoms with Gasteiger partial charge in [0.2, 0.25) is 0 Å². The highest BCUT2D eigenvalue weighted by Gasteiger charge is 2.24. The van der Waals surface area contributed by atoms with Crippen molar-refractivity contribution >= 4 is 17.6 Å². The molecule has 0 heterocycles. The van der Waals surface area contributed by atoms with E-state index in [1.807, 2.05) is 45.2 Å². The second-order valence-corrected chi connectivity index (χ2v) is 5.78. The van der Waals surface area contributed by atoms with Gasteiger partial charge in [-0.05, 0) is 38.0 Å². The summed E-state index contributed by atoms with van der Waals surface area (Å²) in [5.41, 5.74) is 0.555. The van der Waals surface area contributed by atoms with Crippen molar-refractivity contribution in [3.8, 4) is 0 Å². The van der Waals surface area contributed by atoms with Crippen molar-refractivity contribution in [3.63, 3.8) is 0 Å². The number of benzene rings is 1. The van der Waals surface area contributed by atoms with E-state index in [0.717, 1.165) is 24.9 Å². The molecule has 0 aliphatic rings. The molecule has 0 bridgehead atoms. The second-order valence-electron chi connectivity index (χ2n) is 5.34. The van der Waals surface area contributed by atoms with Gasteiger partial charge < -0.3 is 10.2 Å². The molecule has 0 fully saturated rings. The van der Waals surface area contributed by atoms with Crippen molar-refractivity contribution in [1.29, 1.82) is 0 Å². The van der Waals surface area contributed by atoms with E-state index in [-0.39, 0.29) is 6.03 Å². The summed E-state index contributed by atoms with van der Waals surface area (Å²) >= 11 is 6.00. The summed E-state index contributed by atoms with van der Waals surface area (Å²) in [6.07, 6.45) is 2.09. The lowest BCUT2D eigenvalue weighted by molar-refractivity contribution is 0.196. The van der Waals surface area contributed by atoms with Crippen molar-refractivity contribution < 1.29 is 4.79 Å². The first-order valence-corrected chi connectivity index (χ1v) is 7.04. The summed E-state index contributed by atoms with van der Waals surface area (Å²) in [5.74, 6) is 0. The van der Waals surface area contributed by atoms with Crippen LogP contribution < -0.4 is 5.32 Å². The fourth-order valence-electron chi connectivity index (χ4n) is 1.81. The van der Waals surface area contributed by atoms with Crippen molar-refractivity contribution in [3.05, 3.63) is 34.9 Å². The highest BCUT2D eigenvalue weighted by Crippen LogP contribution is 2.23. The maximum absolute atomic E-state index is 12.1. The maximum atomic E-state index is 12.1. The largest absolute Gasteiger partial charge is 0.329 e. The minimum absolute atomic E-state index is 0.0570. The van der Waals surface area contributed by atoms with Gasteiger partial charge in [-0.2, -0.15) is 0 Å². The van der Waals surface area contributed by atoms with Gasteiger partial charge in [-0.1, -0.05) is 37.1 Å². The third kappa shape index (κ3) is 4.75. The average Bonchev–Trinajstić information content (AvgIpc) is 2.35. The summed E-state index contributed by atoms with van der Waals surface area (Å²) in [4.78, 5) is 13.8. The standard InChI is InChI=1S/C15H23ClN2O/c1-5-6-10-18(4)14(19)17-15(2,3)12-8-7-9-13(16)11-12/h7-9,11H,5-6,10H2,1-4H3,(H,17,19). The Bertz CT molecular complexity index is 432. The molecule has 1 N–H and O–H groups in total. The second kappa shape index (κ2) is 6.80. The Morgan fingerprint density at radius 3 is 2.68 bits per heavy atom. The van der Waals surface area contributed by atoms with Gasteiger partial charge in [0.25, 0.3) is 0 Å². The zero-order valence-electron chi connectivity index (χ0n) is 12.2. The molecule has 3 nitrogen and oxygen atoms in total. The number of hydrogen-bond acceptors (Lipinski definition) is 1. The zero-order chi connectivity index (χ0) is 14.5. The molecule has 2 amide bonds. The minimum Gasteiger partial charge on any atom is -0.329 e. The van der Waals surface area contributed by atoms with Gasteiger partial charge in [-0.3, -0.25) is 0 Å². The molecule has 0 radical (unpaired) electrons. The molecule has 106 valence electrons. The number of rotatable bonds is 5. The van der Waals surface area contributed by atoms with E-state index < -0.39 is 5.54 Å². The monoisotopic (exact) mass is 282 g/mol. The number of nitrogens with one attached hydrogen (secondary N) is 1. The van der Waals surface area contributed by atoms with Gasteiger partial charge in [0.05, 0.1) is 5.54 Å². The molecular formula is C15H23ClN2O. The van der Waals surface area contributed by atoms with Gasteiger partial charge in [0, 0.05) is 18.6 Å². The number of halogens is 1. The van der Waals surface area contributed by atoms with Gasteiger partial charge in [0.15, 0.2) is 0 Å². The van der Waals surface area contributed by atoms with Crippen LogP contribution in [0.4, 0.5) is 4.79 Å². The normalized spacial score (nSPS) is 11.2. The molecule has 1 rings (SSSR count). The van der Waals surface area contributed by atoms with Crippen LogP contribution in [-0.2, 0) is 5.54 Å². The van der Waals surface area contributed by atoms with Crippen molar-refractivity contribution in [2.45, 2.75) is 39.2 Å². The molecule has 19 heavy (non-hydrogen) atoms. The number of unbranched alkanes of at least 4 members (excludes halogenated alkanes) is 1. The Morgan fingerprint density at radius 1 is 1.42 bits per heavy atom. The van der Waals surface area contributed by atoms with E-state index in [9.17, 15) is 4.79 Å². The summed E-state index contributed by atoms with van der Waals surface area (Å²) < 4.78 is 0. The molecule has 0 atom stereocenters. The van der Waals surface area contributed by atoms with E-state index in [4.69, 9.17) is 11.6 Å². The molecule has 0 saturated heterocycles. The lowest BCUT2D eigenvalue weighted by Crippen LogP contribution is -2.47. The number of carbonyl (C=O) groups excluding carboxylic acids is 1. The van der Waals surface area contributed by atoms with Crippen LogP contribution >= 0.6 is 11.6 Å². The van der Waals surface area contributed by atoms with Gasteiger partial charge >= 0.3 is 6.03 Å². The lowest BCUT2D eigenvalue weighted by atomic mass is 9.94. The van der Waals surface area contributed by atoms with Crippen molar-refractivity contribution in [2.24, 2.45) is 0 Å². The van der Waals surface area contributed by atoms with Crippen LogP contribution in [0.15, 0.2) is 24.3 Å². The molecule has 0 aromatic heterocycles. The Kier molecular flexibility index (Phi) is 5.67. The number of hydrogen-bond donors (Lipinski definition) is 1. The van der Waals surface area contributed by atoms with E-state index in [0.29, 0.717) is 5.02 Å². The zero-order valence-corrected chi connectivity index (χ0v) is 12.9. The molecule has 1 aromatic rings. The fraction of sp³-hybridized carbons (Fsp3) is 0.533. The quantitative estimate of drug-likeness (QED) is 0.869. The molecular weight excluding hydrogens is 260 g/mol. The van der Waals surface area contributed by atoms with Gasteiger partial charge in [0.1, 0.15) is 0 Å². The van der Waals surface area contributed by atoms with Crippen LogP contribution in [0.1, 0.15) is 39.2 Å². The minimum atomic E-state index is -0.442. The predicted octanol–water partition coefficient (Wildman–Crippen LogP) is 4.02. The number of nitrogens with zero attached hydrogens (tertiary/aromatic N) is 1. The summed E-state index contributed by atoms with van der Waals surface area (Å²) in [6, 6.07) is 7.52. The smallest absolute Gasteiger partial charge is 0.317 e. The maximum Gasteiger partial charge on any atom is 0.317 e. The first kappa shape index (κ1) is 15.8. The molecule has 0 unspecified atom stereocenters. The Hall–Kier alpha value is -1.22. The summed E-state index contributed by atoms with van der Waals surface area (Å²) in [5, 5.41) is 3.72. The molecule has 0 saturated carbocycles. The van der Waals surface area contributed by atoms with Crippen LogP contribution in [0.3, 0.4) is 0 Å². The van der Waals surface area contributed by atoms with Crippen LogP contribution in [0.2, 0.25) is 5.02 Å². The Balaban J connectivity index is 2.71. The number of carbonyl (C=O) groups is 1. The first-order valence-electron chi connectivity index (χ1n) is 6.66. The van der Waals surface area contributed by atoms with Crippen LogP contribution in [-0.4, -0.2) is 24.5 Å². The van der Waals surface area contributed by atoms with E-state index >= 15 is 0 Å². The fourth-order valence-corrected chi connectivity index (χ4v) is 2.00. The van der Waals surface area contributed by atoms with Crippen LogP contribution in [0.25, 0.3) is 0 Å². The van der Waals surface area contributed by atoms with Gasteiger partial charge in [-0.15, -0.1) is 0 Å². The number of urea groups is 1. The summed E-state index contributed by atoms with van der Waals surface area (Å²) in [6.45, 7) is 6.84. The molecule has 0 aliphatic carbocycles. The van der Waals surface area contributed by atoms with E-state index in [2.05, 4.69) is 12.2 Å². The van der Waals surface area contributed by atoms with Crippen LogP contribution in [0, 0.1) is 0 Å². The van der Waals surface area contributed by atoms with Crippen molar-refractivity contribution in [1.82, 2.24) is 10.2 Å². The number of amides is 2. The van der Waals surface area contributed by atoms with Crippen molar-refractivity contribution in [2.75, 3.05) is 13.6 Å². The first-order chi connectivity index (χ1) is 8.86. The summed E-state index contributed by atoms with van der Waals surface area (Å²) in [7, 11) is 1.82. The molecule has 1 aromatic carbocycles. The molecule has 0 aliphatic heterocycles. The predicted molar refractivity (Wildman–Crippen MR) is 80.5 cm³/mol. The lowest BCUT2D eigenvalue weighted by Gasteiger charge is -2.30. The Morgan fingerprint density at radius 2 is 2.11 bits per heavy atom. The van der Waals surface area contributed by atoms with E-state index in [1.165, 1.54) is 0 Å². The third-order valence-electron chi connectivity index (χ3n) is 3.16. The molecule has 0 spiro atoms. The van der Waals surface area contributed by atoms with Crippen LogP contribution in [0.5, 0.6) is 0 Å². The third-order valence-corrected chi connectivity index (χ3v) is 3.39. The Labute approximate surface area is 120 Å². The highest BCUT2D eigenvalue weighted by molar-refractivity contribution is 6.30. The highest BCUT2D eigenvalue weighted by atomic mass is 35.5. The average molecular weight is 283 g/mol.